The SMILES string of the molecule is COc1cccc(C=NC(C[O-])(CO)CO)c1[O-].COc1cccc(C=NC(C[O-])(CO)CO)c1[O-].COc1cccc(C=NC(C[O-])(CO)CO)c1[O-].COc1cccc(C=NC(C[O-])(CO)CO)c1[O-].O.O.O.O.[Ni+2].[Ni+2].[Ni+2].[Ni+2]. The number of aliphatic imine (C=N–C) groups is 4. The summed E-state index contributed by atoms with van der Waals surface area (Å²) in [6.45, 7) is -7.73. The van der Waals surface area contributed by atoms with Crippen LogP contribution < -0.4 is 59.8 Å². The number of nitrogens with zero attached hydrogens (tertiary/aromatic N) is 4. The number of aliphatic hydroxyl groups excluding tert-OH is 8. The maximum atomic E-state index is 11.8. The first-order valence-electron chi connectivity index (χ1n) is 21.3. The van der Waals surface area contributed by atoms with Crippen LogP contribution in [0, 0.1) is 0 Å². The van der Waals surface area contributed by atoms with Gasteiger partial charge in [-0.15, -0.1) is 26.4 Å². The molecule has 4 aromatic rings. The Balaban J connectivity index is -0.000000139. The van der Waals surface area contributed by atoms with Crippen molar-refractivity contribution in [1.29, 1.82) is 0 Å². The molecule has 0 unspecified atom stereocenters. The van der Waals surface area contributed by atoms with Crippen molar-refractivity contribution in [3.8, 4) is 46.0 Å². The average Bonchev–Trinajstić information content (AvgIpc) is 3.43. The Morgan fingerprint density at radius 3 is 0.600 bits per heavy atom. The van der Waals surface area contributed by atoms with Crippen LogP contribution in [0.15, 0.2) is 92.8 Å². The molecule has 0 atom stereocenters. The normalized spacial score (nSPS) is 10.8. The fourth-order valence-corrected chi connectivity index (χ4v) is 5.05. The fourth-order valence-electron chi connectivity index (χ4n) is 5.05. The molecule has 4 rings (SSSR count). The molecular weight excluding hydrogens is 1250 g/mol. The minimum Gasteiger partial charge on any atom is -0.870 e. The predicted octanol–water partition coefficient (Wildman–Crippen LogP) is -10.2. The number of methoxy groups -OCH3 is 4. The van der Waals surface area contributed by atoms with E-state index in [1.54, 1.807) is 24.3 Å². The van der Waals surface area contributed by atoms with E-state index >= 15 is 0 Å². The van der Waals surface area contributed by atoms with Gasteiger partial charge in [-0.1, -0.05) is 71.5 Å². The van der Waals surface area contributed by atoms with Gasteiger partial charge in [-0.2, -0.15) is 0 Å². The molecule has 0 amide bonds. The molecule has 0 aliphatic rings. The second-order valence-corrected chi connectivity index (χ2v) is 15.3. The number of rotatable bonds is 24. The van der Waals surface area contributed by atoms with Crippen LogP contribution in [0.3, 0.4) is 0 Å². The summed E-state index contributed by atoms with van der Waals surface area (Å²) in [5, 5.41) is 163. The number of hydrogen-bond donors (Lipinski definition) is 8. The van der Waals surface area contributed by atoms with Crippen molar-refractivity contribution in [2.45, 2.75) is 22.2 Å². The molecule has 0 heterocycles. The Morgan fingerprint density at radius 2 is 0.487 bits per heavy atom. The Kier molecular flexibility index (Phi) is 54.9. The summed E-state index contributed by atoms with van der Waals surface area (Å²) < 4.78 is 19.4. The van der Waals surface area contributed by atoms with E-state index in [0.29, 0.717) is 0 Å². The first-order valence-corrected chi connectivity index (χ1v) is 21.3. The molecule has 0 saturated carbocycles. The van der Waals surface area contributed by atoms with Gasteiger partial charge >= 0.3 is 66.0 Å². The van der Waals surface area contributed by atoms with Gasteiger partial charge in [0.2, 0.25) is 0 Å². The third-order valence-electron chi connectivity index (χ3n) is 10.3. The van der Waals surface area contributed by atoms with Crippen molar-refractivity contribution in [1.82, 2.24) is 0 Å². The van der Waals surface area contributed by atoms with E-state index in [1.165, 1.54) is 102 Å². The molecule has 32 heteroatoms. The molecule has 4 aromatic carbocycles. The monoisotopic (exact) mass is 1320 g/mol. The van der Waals surface area contributed by atoms with Crippen molar-refractivity contribution >= 4 is 24.9 Å². The summed E-state index contributed by atoms with van der Waals surface area (Å²) in [4.78, 5) is 15.3. The largest absolute Gasteiger partial charge is 2.00 e. The molecule has 28 nitrogen and oxygen atoms in total. The molecule has 0 aliphatic carbocycles. The third-order valence-corrected chi connectivity index (χ3v) is 10.3. The first kappa shape index (κ1) is 91.8. The van der Waals surface area contributed by atoms with E-state index in [1.807, 2.05) is 0 Å². The number of ether oxygens (including phenoxy) is 4. The van der Waals surface area contributed by atoms with Crippen LogP contribution in [0.4, 0.5) is 0 Å². The molecule has 0 aliphatic heterocycles. The summed E-state index contributed by atoms with van der Waals surface area (Å²) >= 11 is 0. The zero-order chi connectivity index (χ0) is 54.4. The Hall–Kier alpha value is -4.71. The summed E-state index contributed by atoms with van der Waals surface area (Å²) in [6, 6.07) is 18.5. The van der Waals surface area contributed by atoms with Gasteiger partial charge in [-0.3, -0.25) is 20.0 Å². The molecule has 464 valence electrons. The van der Waals surface area contributed by atoms with Crippen LogP contribution in [0.5, 0.6) is 46.0 Å². The first-order chi connectivity index (χ1) is 34.5. The topological polar surface area (TPSA) is 559 Å². The summed E-state index contributed by atoms with van der Waals surface area (Å²) in [5.74, 6) is -0.781. The van der Waals surface area contributed by atoms with Crippen LogP contribution in [0.25, 0.3) is 0 Å². The van der Waals surface area contributed by atoms with Crippen LogP contribution in [-0.2, 0) is 66.0 Å². The van der Waals surface area contributed by atoms with Crippen LogP contribution in [0.1, 0.15) is 22.3 Å². The third kappa shape index (κ3) is 26.9. The van der Waals surface area contributed by atoms with Crippen LogP contribution in [0.2, 0.25) is 0 Å². The molecule has 80 heavy (non-hydrogen) atoms. The maximum Gasteiger partial charge on any atom is 2.00 e. The molecule has 0 saturated heterocycles. The van der Waals surface area contributed by atoms with E-state index in [9.17, 15) is 40.9 Å². The zero-order valence-corrected chi connectivity index (χ0v) is 47.2. The van der Waals surface area contributed by atoms with Crippen LogP contribution in [-0.4, -0.2) is 217 Å². The average molecular weight is 1320 g/mol. The Morgan fingerprint density at radius 1 is 0.338 bits per heavy atom. The van der Waals surface area contributed by atoms with E-state index < -0.39 is 101 Å². The molecule has 0 aromatic heterocycles. The molecule has 0 fully saturated rings. The van der Waals surface area contributed by atoms with E-state index in [-0.39, 0.29) is 156 Å². The predicted molar refractivity (Wildman–Crippen MR) is 262 cm³/mol. The van der Waals surface area contributed by atoms with Crippen molar-refractivity contribution in [2.24, 2.45) is 20.0 Å². The number of aliphatic hydroxyl groups is 8. The Bertz CT molecular complexity index is 1970. The smallest absolute Gasteiger partial charge is 0.870 e. The summed E-state index contributed by atoms with van der Waals surface area (Å²) in [7, 11) is 5.50. The van der Waals surface area contributed by atoms with Gasteiger partial charge < -0.3 is 123 Å². The minimum absolute atomic E-state index is 0. The summed E-state index contributed by atoms with van der Waals surface area (Å²) in [6.07, 6.45) is 4.70. The van der Waals surface area contributed by atoms with Crippen molar-refractivity contribution < 1.29 is 189 Å². The fraction of sp³-hybridized carbons (Fsp3) is 0.417. The Labute approximate surface area is 501 Å². The number of hydrogen-bond acceptors (Lipinski definition) is 24. The van der Waals surface area contributed by atoms with E-state index in [0.717, 1.165) is 0 Å². The van der Waals surface area contributed by atoms with E-state index in [4.69, 9.17) is 59.8 Å². The van der Waals surface area contributed by atoms with Gasteiger partial charge in [0.15, 0.2) is 0 Å². The second kappa shape index (κ2) is 47.9. The van der Waals surface area contributed by atoms with Crippen molar-refractivity contribution in [2.75, 3.05) is 108 Å². The molecular formula is C48H68N4Ni4O24. The second-order valence-electron chi connectivity index (χ2n) is 15.3. The molecule has 0 spiro atoms. The quantitative estimate of drug-likeness (QED) is 0.0238. The zero-order valence-electron chi connectivity index (χ0n) is 43.3. The number of para-hydroxylation sites is 4. The maximum absolute atomic E-state index is 11.8. The van der Waals surface area contributed by atoms with Gasteiger partial charge in [0.25, 0.3) is 0 Å². The van der Waals surface area contributed by atoms with Crippen molar-refractivity contribution in [3.63, 3.8) is 0 Å². The molecule has 16 N–H and O–H groups in total. The van der Waals surface area contributed by atoms with E-state index in [2.05, 4.69) is 20.0 Å². The van der Waals surface area contributed by atoms with Crippen molar-refractivity contribution in [3.05, 3.63) is 95.1 Å². The van der Waals surface area contributed by atoms with Gasteiger partial charge in [-0.25, -0.2) is 0 Å². The van der Waals surface area contributed by atoms with Gasteiger partial charge in [0.1, 0.15) is 23.0 Å². The molecule has 0 radical (unpaired) electrons. The molecule has 0 bridgehead atoms. The summed E-state index contributed by atoms with van der Waals surface area (Å²) in [5.41, 5.74) is -5.04. The van der Waals surface area contributed by atoms with Crippen LogP contribution >= 0.6 is 0 Å². The standard InChI is InChI=1S/4C12H16NO5.4Ni.4H2O/c4*1-18-10-4-2-3-9(11(10)17)5-13-12(6-14,7-15)8-16;;;;;;;;/h4*2-5,14-15,17H,6-8H2,1H3;;;;;4*1H2/q4*-1;4*+2;;;;/p-4. The van der Waals surface area contributed by atoms with Gasteiger partial charge in [0, 0.05) is 24.9 Å². The minimum atomic E-state index is -1.49. The van der Waals surface area contributed by atoms with Gasteiger partial charge in [-0.05, 0) is 46.5 Å². The number of benzene rings is 4. The van der Waals surface area contributed by atoms with Gasteiger partial charge in [0.05, 0.1) is 103 Å².